The molecule has 0 unspecified atom stereocenters. The normalized spacial score (nSPS) is 11.3. The third-order valence-corrected chi connectivity index (χ3v) is 6.09. The summed E-state index contributed by atoms with van der Waals surface area (Å²) in [5.41, 5.74) is 3.45. The summed E-state index contributed by atoms with van der Waals surface area (Å²) in [6.07, 6.45) is 2.97. The zero-order valence-corrected chi connectivity index (χ0v) is 20.6. The van der Waals surface area contributed by atoms with Gasteiger partial charge in [0, 0.05) is 17.3 Å². The molecule has 2 aromatic heterocycles. The van der Waals surface area contributed by atoms with Crippen molar-refractivity contribution in [3.05, 3.63) is 94.7 Å². The van der Waals surface area contributed by atoms with Crippen molar-refractivity contribution in [3.8, 4) is 22.8 Å². The number of ether oxygens (including phenoxy) is 1. The number of halogens is 2. The number of hydrogen-bond acceptors (Lipinski definition) is 5. The molecule has 1 N–H and O–H groups in total. The molecule has 36 heavy (non-hydrogen) atoms. The van der Waals surface area contributed by atoms with Crippen LogP contribution in [0.15, 0.2) is 83.3 Å². The Kier molecular flexibility index (Phi) is 6.75. The van der Waals surface area contributed by atoms with E-state index in [4.69, 9.17) is 32.4 Å². The molecule has 5 aromatic rings. The molecule has 0 atom stereocenters. The van der Waals surface area contributed by atoms with E-state index in [0.29, 0.717) is 50.5 Å². The molecule has 0 radical (unpaired) electrons. The predicted molar refractivity (Wildman–Crippen MR) is 142 cm³/mol. The van der Waals surface area contributed by atoms with Crippen LogP contribution in [-0.2, 0) is 4.79 Å². The lowest BCUT2D eigenvalue weighted by Crippen LogP contribution is -2.07. The van der Waals surface area contributed by atoms with Crippen molar-refractivity contribution in [1.82, 2.24) is 15.0 Å². The van der Waals surface area contributed by atoms with Crippen molar-refractivity contribution < 1.29 is 13.9 Å². The summed E-state index contributed by atoms with van der Waals surface area (Å²) in [5.74, 6) is 1.54. The van der Waals surface area contributed by atoms with Crippen LogP contribution >= 0.6 is 23.2 Å². The second-order valence-corrected chi connectivity index (χ2v) is 8.53. The minimum absolute atomic E-state index is 0.313. The quantitative estimate of drug-likeness (QED) is 0.233. The van der Waals surface area contributed by atoms with E-state index in [1.807, 2.05) is 37.3 Å². The topological polar surface area (TPSA) is 82.2 Å². The Morgan fingerprint density at radius 2 is 1.83 bits per heavy atom. The van der Waals surface area contributed by atoms with Gasteiger partial charge in [0.25, 0.3) is 0 Å². The molecule has 0 aliphatic heterocycles. The van der Waals surface area contributed by atoms with Crippen LogP contribution in [0.25, 0.3) is 34.1 Å². The molecule has 1 amide bonds. The molecule has 0 bridgehead atoms. The zero-order valence-electron chi connectivity index (χ0n) is 19.1. The van der Waals surface area contributed by atoms with E-state index >= 15 is 0 Å². The summed E-state index contributed by atoms with van der Waals surface area (Å²) in [7, 11) is 0. The van der Waals surface area contributed by atoms with Crippen LogP contribution < -0.4 is 10.1 Å². The molecule has 0 aliphatic carbocycles. The number of rotatable bonds is 7. The molecular weight excluding hydrogens is 499 g/mol. The first-order chi connectivity index (χ1) is 17.5. The van der Waals surface area contributed by atoms with Gasteiger partial charge < -0.3 is 14.5 Å². The highest BCUT2D eigenvalue weighted by Crippen LogP contribution is 2.34. The van der Waals surface area contributed by atoms with Crippen LogP contribution in [0.2, 0.25) is 10.0 Å². The van der Waals surface area contributed by atoms with Crippen molar-refractivity contribution in [2.24, 2.45) is 0 Å². The number of carbonyl (C=O) groups excluding carboxylic acids is 1. The summed E-state index contributed by atoms with van der Waals surface area (Å²) >= 11 is 12.3. The summed E-state index contributed by atoms with van der Waals surface area (Å²) in [6.45, 7) is 2.54. The highest BCUT2D eigenvalue weighted by Gasteiger charge is 2.11. The average molecular weight is 519 g/mol. The maximum Gasteiger partial charge on any atom is 0.248 e. The lowest BCUT2D eigenvalue weighted by Gasteiger charge is -2.03. The summed E-state index contributed by atoms with van der Waals surface area (Å²) in [4.78, 5) is 14.0. The Bertz CT molecular complexity index is 1570. The van der Waals surface area contributed by atoms with Gasteiger partial charge in [-0.2, -0.15) is 4.80 Å². The number of anilines is 1. The van der Waals surface area contributed by atoms with E-state index in [2.05, 4.69) is 15.5 Å². The van der Waals surface area contributed by atoms with Crippen LogP contribution in [0.4, 0.5) is 5.69 Å². The first kappa shape index (κ1) is 23.7. The summed E-state index contributed by atoms with van der Waals surface area (Å²) in [6, 6.07) is 21.7. The van der Waals surface area contributed by atoms with Gasteiger partial charge in [0.1, 0.15) is 28.3 Å². The SMILES string of the molecule is CCOc1ccc(-n2nc3ccc(NC(=O)/C=C/c4ccc(-c5cccc(Cl)c5Cl)o4)cc3n2)cc1. The highest BCUT2D eigenvalue weighted by molar-refractivity contribution is 6.43. The van der Waals surface area contributed by atoms with E-state index in [0.717, 1.165) is 11.4 Å². The van der Waals surface area contributed by atoms with Gasteiger partial charge in [-0.05, 0) is 79.7 Å². The molecule has 0 spiro atoms. The zero-order chi connectivity index (χ0) is 25.1. The van der Waals surface area contributed by atoms with Crippen LogP contribution in [-0.4, -0.2) is 27.5 Å². The van der Waals surface area contributed by atoms with Crippen LogP contribution in [0, 0.1) is 0 Å². The summed E-state index contributed by atoms with van der Waals surface area (Å²) < 4.78 is 11.3. The third-order valence-electron chi connectivity index (χ3n) is 5.27. The van der Waals surface area contributed by atoms with Crippen LogP contribution in [0.1, 0.15) is 12.7 Å². The molecule has 2 heterocycles. The Labute approximate surface area is 216 Å². The van der Waals surface area contributed by atoms with E-state index in [1.54, 1.807) is 53.3 Å². The molecular formula is C27H20Cl2N4O3. The maximum atomic E-state index is 12.5. The molecule has 3 aromatic carbocycles. The Hall–Kier alpha value is -4.07. The first-order valence-corrected chi connectivity index (χ1v) is 11.9. The number of fused-ring (bicyclic) bond motifs is 1. The molecule has 0 aliphatic rings. The number of amides is 1. The van der Waals surface area contributed by atoms with Gasteiger partial charge in [0.2, 0.25) is 5.91 Å². The predicted octanol–water partition coefficient (Wildman–Crippen LogP) is 7.04. The molecule has 7 nitrogen and oxygen atoms in total. The minimum atomic E-state index is -0.313. The standard InChI is InChI=1S/C27H20Cl2N4O3/c1-2-35-19-9-7-18(8-10-19)33-31-23-13-6-17(16-24(23)32-33)30-26(34)15-12-20-11-14-25(36-20)21-4-3-5-22(28)27(21)29/h3-16H,2H2,1H3,(H,30,34)/b15-12+. The van der Waals surface area contributed by atoms with E-state index in [-0.39, 0.29) is 5.91 Å². The number of hydrogen-bond donors (Lipinski definition) is 1. The number of furan rings is 1. The molecule has 9 heteroatoms. The number of benzene rings is 3. The second-order valence-electron chi connectivity index (χ2n) is 7.75. The molecule has 180 valence electrons. The first-order valence-electron chi connectivity index (χ1n) is 11.1. The third kappa shape index (κ3) is 5.12. The van der Waals surface area contributed by atoms with Crippen LogP contribution in [0.5, 0.6) is 5.75 Å². The molecule has 0 fully saturated rings. The number of nitrogens with zero attached hydrogens (tertiary/aromatic N) is 3. The van der Waals surface area contributed by atoms with Gasteiger partial charge in [-0.3, -0.25) is 4.79 Å². The lowest BCUT2D eigenvalue weighted by molar-refractivity contribution is -0.111. The van der Waals surface area contributed by atoms with Gasteiger partial charge >= 0.3 is 0 Å². The molecule has 0 saturated carbocycles. The van der Waals surface area contributed by atoms with Crippen molar-refractivity contribution in [1.29, 1.82) is 0 Å². The number of carbonyl (C=O) groups is 1. The van der Waals surface area contributed by atoms with Gasteiger partial charge in [-0.1, -0.05) is 29.3 Å². The Balaban J connectivity index is 1.27. The largest absolute Gasteiger partial charge is 0.494 e. The molecule has 0 saturated heterocycles. The smallest absolute Gasteiger partial charge is 0.248 e. The van der Waals surface area contributed by atoms with E-state index in [1.165, 1.54) is 6.08 Å². The van der Waals surface area contributed by atoms with E-state index in [9.17, 15) is 4.79 Å². The van der Waals surface area contributed by atoms with Crippen LogP contribution in [0.3, 0.4) is 0 Å². The fourth-order valence-corrected chi connectivity index (χ4v) is 3.97. The van der Waals surface area contributed by atoms with Crippen molar-refractivity contribution in [3.63, 3.8) is 0 Å². The van der Waals surface area contributed by atoms with E-state index < -0.39 is 0 Å². The Morgan fingerprint density at radius 3 is 2.64 bits per heavy atom. The second kappa shape index (κ2) is 10.3. The lowest BCUT2D eigenvalue weighted by atomic mass is 10.2. The van der Waals surface area contributed by atoms with Crippen molar-refractivity contribution in [2.45, 2.75) is 6.92 Å². The number of aromatic nitrogens is 3. The average Bonchev–Trinajstić information content (AvgIpc) is 3.52. The fourth-order valence-electron chi connectivity index (χ4n) is 3.57. The van der Waals surface area contributed by atoms with Gasteiger partial charge in [0.15, 0.2) is 0 Å². The highest BCUT2D eigenvalue weighted by atomic mass is 35.5. The fraction of sp³-hybridized carbons (Fsp3) is 0.0741. The Morgan fingerprint density at radius 1 is 1.03 bits per heavy atom. The van der Waals surface area contributed by atoms with Gasteiger partial charge in [-0.25, -0.2) is 0 Å². The minimum Gasteiger partial charge on any atom is -0.494 e. The van der Waals surface area contributed by atoms with Crippen molar-refractivity contribution >= 4 is 51.9 Å². The monoisotopic (exact) mass is 518 g/mol. The van der Waals surface area contributed by atoms with Crippen molar-refractivity contribution in [2.75, 3.05) is 11.9 Å². The van der Waals surface area contributed by atoms with Gasteiger partial charge in [0.05, 0.1) is 22.3 Å². The van der Waals surface area contributed by atoms with Gasteiger partial charge in [-0.15, -0.1) is 10.2 Å². The molecule has 5 rings (SSSR count). The maximum absolute atomic E-state index is 12.5. The number of nitrogens with one attached hydrogen (secondary N) is 1. The summed E-state index contributed by atoms with van der Waals surface area (Å²) in [5, 5.41) is 12.7.